The van der Waals surface area contributed by atoms with Gasteiger partial charge in [0.05, 0.1) is 6.54 Å². The maximum Gasteiger partial charge on any atom is 0.247 e. The average Bonchev–Trinajstić information content (AvgIpc) is 2.99. The van der Waals surface area contributed by atoms with Crippen LogP contribution in [0.25, 0.3) is 6.08 Å². The highest BCUT2D eigenvalue weighted by Crippen LogP contribution is 2.47. The quantitative estimate of drug-likeness (QED) is 0.847. The second-order valence-electron chi connectivity index (χ2n) is 5.50. The van der Waals surface area contributed by atoms with E-state index < -0.39 is 0 Å². The number of furan rings is 1. The van der Waals surface area contributed by atoms with Gasteiger partial charge in [0.1, 0.15) is 11.5 Å². The number of nitrogens with one attached hydrogen (secondary N) is 1. The van der Waals surface area contributed by atoms with Gasteiger partial charge in [0.2, 0.25) is 11.8 Å². The lowest BCUT2D eigenvalue weighted by atomic mass is 10.3. The number of hydrogen-bond donors (Lipinski definition) is 1. The molecule has 20 heavy (non-hydrogen) atoms. The third kappa shape index (κ3) is 2.76. The van der Waals surface area contributed by atoms with E-state index >= 15 is 0 Å². The Labute approximate surface area is 117 Å². The lowest BCUT2D eigenvalue weighted by Crippen LogP contribution is -2.49. The van der Waals surface area contributed by atoms with Gasteiger partial charge >= 0.3 is 0 Å². The molecule has 2 atom stereocenters. The van der Waals surface area contributed by atoms with Gasteiger partial charge in [-0.05, 0) is 30.5 Å². The Kier molecular flexibility index (Phi) is 3.34. The number of nitrogens with zero attached hydrogens (tertiary/aromatic N) is 1. The summed E-state index contributed by atoms with van der Waals surface area (Å²) in [6, 6.07) is 3.86. The Hall–Kier alpha value is -2.04. The molecule has 0 unspecified atom stereocenters. The fourth-order valence-electron chi connectivity index (χ4n) is 2.46. The van der Waals surface area contributed by atoms with E-state index in [1.807, 2.05) is 12.1 Å². The number of rotatable bonds is 3. The Morgan fingerprint density at radius 1 is 1.50 bits per heavy atom. The molecular weight excluding hydrogens is 256 g/mol. The van der Waals surface area contributed by atoms with E-state index in [0.29, 0.717) is 30.7 Å². The first-order valence-electron chi connectivity index (χ1n) is 6.97. The first-order chi connectivity index (χ1) is 9.63. The van der Waals surface area contributed by atoms with Gasteiger partial charge in [-0.2, -0.15) is 0 Å². The molecular formula is C15H18N2O3. The highest BCUT2D eigenvalue weighted by Gasteiger charge is 2.36. The van der Waals surface area contributed by atoms with Crippen LogP contribution in [0.2, 0.25) is 0 Å². The minimum atomic E-state index is -0.155. The molecule has 3 rings (SSSR count). The molecule has 0 radical (unpaired) electrons. The summed E-state index contributed by atoms with van der Waals surface area (Å²) in [6.07, 6.45) is 4.32. The van der Waals surface area contributed by atoms with Crippen molar-refractivity contribution in [3.05, 3.63) is 29.7 Å². The molecule has 2 fully saturated rings. The summed E-state index contributed by atoms with van der Waals surface area (Å²) in [6.45, 7) is 3.40. The zero-order valence-electron chi connectivity index (χ0n) is 11.5. The predicted octanol–water partition coefficient (Wildman–Crippen LogP) is 1.37. The van der Waals surface area contributed by atoms with Crippen molar-refractivity contribution in [2.45, 2.75) is 19.3 Å². The van der Waals surface area contributed by atoms with Crippen LogP contribution in [0.4, 0.5) is 0 Å². The molecule has 0 bridgehead atoms. The number of carbonyl (C=O) groups excluding carboxylic acids is 2. The minimum absolute atomic E-state index is 0.110. The van der Waals surface area contributed by atoms with E-state index in [1.165, 1.54) is 17.4 Å². The second kappa shape index (κ2) is 5.15. The Balaban J connectivity index is 1.60. The Bertz CT molecular complexity index is 561. The maximum atomic E-state index is 11.9. The third-order valence-corrected chi connectivity index (χ3v) is 3.86. The zero-order chi connectivity index (χ0) is 14.1. The SMILES string of the molecule is C[C@H]1C[C@H]1c1ccc(/C=C/C(=O)N2CCNC(=O)C2)o1. The predicted molar refractivity (Wildman–Crippen MR) is 73.9 cm³/mol. The van der Waals surface area contributed by atoms with Gasteiger partial charge < -0.3 is 14.6 Å². The fraction of sp³-hybridized carbons (Fsp3) is 0.467. The molecule has 1 aromatic heterocycles. The molecule has 0 aromatic carbocycles. The normalized spacial score (nSPS) is 25.9. The highest BCUT2D eigenvalue weighted by molar-refractivity contribution is 5.94. The van der Waals surface area contributed by atoms with Crippen LogP contribution in [0.1, 0.15) is 30.8 Å². The van der Waals surface area contributed by atoms with Crippen LogP contribution in [-0.2, 0) is 9.59 Å². The molecule has 1 aliphatic heterocycles. The van der Waals surface area contributed by atoms with E-state index in [-0.39, 0.29) is 18.4 Å². The van der Waals surface area contributed by atoms with E-state index in [0.717, 1.165) is 5.76 Å². The molecule has 5 nitrogen and oxygen atoms in total. The smallest absolute Gasteiger partial charge is 0.247 e. The Morgan fingerprint density at radius 3 is 3.00 bits per heavy atom. The van der Waals surface area contributed by atoms with E-state index in [1.54, 1.807) is 6.08 Å². The molecule has 1 saturated carbocycles. The third-order valence-electron chi connectivity index (χ3n) is 3.86. The van der Waals surface area contributed by atoms with Crippen LogP contribution in [0, 0.1) is 5.92 Å². The average molecular weight is 274 g/mol. The molecule has 1 aromatic rings. The van der Waals surface area contributed by atoms with Crippen molar-refractivity contribution >= 4 is 17.9 Å². The molecule has 106 valence electrons. The van der Waals surface area contributed by atoms with Crippen molar-refractivity contribution in [2.24, 2.45) is 5.92 Å². The second-order valence-corrected chi connectivity index (χ2v) is 5.50. The summed E-state index contributed by atoms with van der Waals surface area (Å²) in [7, 11) is 0. The van der Waals surface area contributed by atoms with Crippen LogP contribution >= 0.6 is 0 Å². The van der Waals surface area contributed by atoms with Gasteiger partial charge in [-0.3, -0.25) is 9.59 Å². The number of hydrogen-bond acceptors (Lipinski definition) is 3. The van der Waals surface area contributed by atoms with Crippen LogP contribution < -0.4 is 5.32 Å². The van der Waals surface area contributed by atoms with Crippen molar-refractivity contribution in [1.29, 1.82) is 0 Å². The van der Waals surface area contributed by atoms with Gasteiger partial charge in [-0.25, -0.2) is 0 Å². The highest BCUT2D eigenvalue weighted by atomic mass is 16.3. The number of piperazine rings is 1. The lowest BCUT2D eigenvalue weighted by molar-refractivity contribution is -0.134. The summed E-state index contributed by atoms with van der Waals surface area (Å²) >= 11 is 0. The summed E-state index contributed by atoms with van der Waals surface area (Å²) < 4.78 is 5.70. The topological polar surface area (TPSA) is 62.6 Å². The Morgan fingerprint density at radius 2 is 2.30 bits per heavy atom. The molecule has 2 amide bonds. The van der Waals surface area contributed by atoms with E-state index in [9.17, 15) is 9.59 Å². The summed E-state index contributed by atoms with van der Waals surface area (Å²) in [5.41, 5.74) is 0. The standard InChI is InChI=1S/C15H18N2O3/c1-10-8-12(10)13-4-2-11(20-13)3-5-15(19)17-7-6-16-14(18)9-17/h2-5,10,12H,6-9H2,1H3,(H,16,18)/b5-3+/t10-,12+/m0/s1. The van der Waals surface area contributed by atoms with Crippen molar-refractivity contribution in [3.63, 3.8) is 0 Å². The van der Waals surface area contributed by atoms with Gasteiger partial charge in [0.25, 0.3) is 0 Å². The number of carbonyl (C=O) groups is 2. The summed E-state index contributed by atoms with van der Waals surface area (Å²) in [5.74, 6) is 2.67. The molecule has 0 spiro atoms. The first kappa shape index (κ1) is 13.0. The molecule has 2 aliphatic rings. The van der Waals surface area contributed by atoms with E-state index in [4.69, 9.17) is 4.42 Å². The largest absolute Gasteiger partial charge is 0.461 e. The lowest BCUT2D eigenvalue weighted by Gasteiger charge is -2.25. The van der Waals surface area contributed by atoms with Crippen molar-refractivity contribution < 1.29 is 14.0 Å². The first-order valence-corrected chi connectivity index (χ1v) is 6.97. The van der Waals surface area contributed by atoms with Crippen molar-refractivity contribution in [2.75, 3.05) is 19.6 Å². The zero-order valence-corrected chi connectivity index (χ0v) is 11.5. The van der Waals surface area contributed by atoms with Crippen LogP contribution in [0.5, 0.6) is 0 Å². The van der Waals surface area contributed by atoms with Gasteiger partial charge in [-0.1, -0.05) is 6.92 Å². The minimum Gasteiger partial charge on any atom is -0.461 e. The van der Waals surface area contributed by atoms with Crippen molar-refractivity contribution in [3.8, 4) is 0 Å². The maximum absolute atomic E-state index is 11.9. The molecule has 5 heteroatoms. The summed E-state index contributed by atoms with van der Waals surface area (Å²) in [5, 5.41) is 2.69. The van der Waals surface area contributed by atoms with Gasteiger partial charge in [0.15, 0.2) is 0 Å². The molecule has 2 heterocycles. The van der Waals surface area contributed by atoms with E-state index in [2.05, 4.69) is 12.2 Å². The van der Waals surface area contributed by atoms with Crippen LogP contribution in [0.15, 0.2) is 22.6 Å². The van der Waals surface area contributed by atoms with Gasteiger partial charge in [0, 0.05) is 25.1 Å². The fourth-order valence-corrected chi connectivity index (χ4v) is 2.46. The number of amides is 2. The molecule has 1 N–H and O–H groups in total. The molecule has 1 aliphatic carbocycles. The van der Waals surface area contributed by atoms with Crippen molar-refractivity contribution in [1.82, 2.24) is 10.2 Å². The monoisotopic (exact) mass is 274 g/mol. The van der Waals surface area contributed by atoms with Crippen LogP contribution in [-0.4, -0.2) is 36.3 Å². The molecule has 1 saturated heterocycles. The summed E-state index contributed by atoms with van der Waals surface area (Å²) in [4.78, 5) is 24.7. The van der Waals surface area contributed by atoms with Crippen LogP contribution in [0.3, 0.4) is 0 Å². The van der Waals surface area contributed by atoms with Gasteiger partial charge in [-0.15, -0.1) is 0 Å².